The molecule has 4 N–H and O–H groups in total. The van der Waals surface area contributed by atoms with Crippen LogP contribution in [0.5, 0.6) is 11.5 Å². The number of para-hydroxylation sites is 2. The van der Waals surface area contributed by atoms with Gasteiger partial charge in [-0.05, 0) is 12.1 Å². The fourth-order valence-electron chi connectivity index (χ4n) is 0.464. The zero-order chi connectivity index (χ0) is 10.5. The number of phenolic OH excluding ortho intramolecular Hbond substituents is 2. The van der Waals surface area contributed by atoms with Crippen molar-refractivity contribution < 1.29 is 27.7 Å². The molecule has 76 valence electrons. The number of hydrogen-bond donors (Lipinski definition) is 4. The van der Waals surface area contributed by atoms with Gasteiger partial charge in [0.15, 0.2) is 11.5 Å². The van der Waals surface area contributed by atoms with Crippen LogP contribution in [0.15, 0.2) is 24.3 Å². The molecule has 0 unspecified atom stereocenters. The SMILES string of the molecule is O=S(=O)(O)O.Oc1ccccc1O.[NaH]. The second-order valence-electron chi connectivity index (χ2n) is 1.94. The Kier molecular flexibility index (Phi) is 8.12. The van der Waals surface area contributed by atoms with Crippen LogP contribution in [0.25, 0.3) is 0 Å². The number of hydrogen-bond acceptors (Lipinski definition) is 4. The minimum absolute atomic E-state index is 0. The van der Waals surface area contributed by atoms with Gasteiger partial charge in [-0.1, -0.05) is 12.1 Å². The van der Waals surface area contributed by atoms with Gasteiger partial charge in [0.2, 0.25) is 0 Å². The first-order chi connectivity index (χ1) is 5.80. The summed E-state index contributed by atoms with van der Waals surface area (Å²) in [5, 5.41) is 17.3. The molecule has 0 fully saturated rings. The van der Waals surface area contributed by atoms with E-state index in [0.717, 1.165) is 0 Å². The summed E-state index contributed by atoms with van der Waals surface area (Å²) in [5.74, 6) is -0.153. The summed E-state index contributed by atoms with van der Waals surface area (Å²) in [6, 6.07) is 6.15. The average molecular weight is 232 g/mol. The molecule has 1 aromatic rings. The van der Waals surface area contributed by atoms with E-state index in [2.05, 4.69) is 0 Å². The molecule has 0 aliphatic carbocycles. The second-order valence-corrected chi connectivity index (χ2v) is 2.83. The number of phenols is 2. The maximum absolute atomic E-state index is 8.74. The maximum atomic E-state index is 8.74. The molecule has 14 heavy (non-hydrogen) atoms. The normalized spacial score (nSPS) is 9.29. The standard InChI is InChI=1S/C6H6O2.Na.H2O4S.H/c7-5-3-1-2-4-6(5)8;;1-5(2,3)4;/h1-4,7-8H;;(H2,1,2,3,4);. The predicted molar refractivity (Wildman–Crippen MR) is 51.1 cm³/mol. The molecule has 0 radical (unpaired) electrons. The Labute approximate surface area is 103 Å². The van der Waals surface area contributed by atoms with Crippen LogP contribution in [0.1, 0.15) is 0 Å². The average Bonchev–Trinajstić information content (AvgIpc) is 1.92. The summed E-state index contributed by atoms with van der Waals surface area (Å²) in [5.41, 5.74) is 0. The molecule has 0 aliphatic heterocycles. The Morgan fingerprint density at radius 1 is 0.929 bits per heavy atom. The van der Waals surface area contributed by atoms with Crippen molar-refractivity contribution in [3.8, 4) is 11.5 Å². The topological polar surface area (TPSA) is 115 Å². The summed E-state index contributed by atoms with van der Waals surface area (Å²) >= 11 is 0. The first-order valence-electron chi connectivity index (χ1n) is 2.97. The van der Waals surface area contributed by atoms with Crippen LogP contribution in [0, 0.1) is 0 Å². The second kappa shape index (κ2) is 7.04. The van der Waals surface area contributed by atoms with E-state index in [0.29, 0.717) is 0 Å². The molecule has 0 heterocycles. The third kappa shape index (κ3) is 11.7. The third-order valence-electron chi connectivity index (χ3n) is 0.882. The van der Waals surface area contributed by atoms with E-state index in [1.807, 2.05) is 0 Å². The Hall–Kier alpha value is -0.310. The van der Waals surface area contributed by atoms with Gasteiger partial charge in [0, 0.05) is 0 Å². The van der Waals surface area contributed by atoms with Gasteiger partial charge in [0.25, 0.3) is 0 Å². The van der Waals surface area contributed by atoms with Crippen molar-refractivity contribution in [2.24, 2.45) is 0 Å². The summed E-state index contributed by atoms with van der Waals surface area (Å²) in [6.45, 7) is 0. The van der Waals surface area contributed by atoms with Crippen molar-refractivity contribution in [3.05, 3.63) is 24.3 Å². The molecule has 0 saturated heterocycles. The zero-order valence-electron chi connectivity index (χ0n) is 6.32. The Bertz CT molecular complexity index is 333. The van der Waals surface area contributed by atoms with Crippen molar-refractivity contribution in [3.63, 3.8) is 0 Å². The Balaban J connectivity index is 0. The van der Waals surface area contributed by atoms with E-state index < -0.39 is 10.4 Å². The van der Waals surface area contributed by atoms with Gasteiger partial charge in [0.1, 0.15) is 0 Å². The molecule has 0 atom stereocenters. The molecule has 0 aromatic heterocycles. The molecular formula is C6H9NaO6S. The molecule has 1 aromatic carbocycles. The number of rotatable bonds is 0. The Morgan fingerprint density at radius 2 is 1.14 bits per heavy atom. The summed E-state index contributed by atoms with van der Waals surface area (Å²) in [7, 11) is -4.67. The summed E-state index contributed by atoms with van der Waals surface area (Å²) in [4.78, 5) is 0. The molecule has 6 nitrogen and oxygen atoms in total. The van der Waals surface area contributed by atoms with Gasteiger partial charge in [-0.2, -0.15) is 8.42 Å². The number of benzene rings is 1. The fraction of sp³-hybridized carbons (Fsp3) is 0. The molecule has 8 heteroatoms. The quantitative estimate of drug-likeness (QED) is 0.279. The van der Waals surface area contributed by atoms with E-state index in [1.165, 1.54) is 12.1 Å². The molecule has 0 saturated carbocycles. The Morgan fingerprint density at radius 3 is 1.29 bits per heavy atom. The zero-order valence-corrected chi connectivity index (χ0v) is 7.14. The van der Waals surface area contributed by atoms with Gasteiger partial charge >= 0.3 is 40.0 Å². The van der Waals surface area contributed by atoms with Crippen LogP contribution in [-0.2, 0) is 10.4 Å². The van der Waals surface area contributed by atoms with Gasteiger partial charge in [-0.25, -0.2) is 0 Å². The van der Waals surface area contributed by atoms with E-state index >= 15 is 0 Å². The summed E-state index contributed by atoms with van der Waals surface area (Å²) in [6.07, 6.45) is 0. The fourth-order valence-corrected chi connectivity index (χ4v) is 0.464. The van der Waals surface area contributed by atoms with Crippen molar-refractivity contribution in [2.45, 2.75) is 0 Å². The molecule has 0 bridgehead atoms. The van der Waals surface area contributed by atoms with Gasteiger partial charge < -0.3 is 10.2 Å². The van der Waals surface area contributed by atoms with E-state index in [1.54, 1.807) is 12.1 Å². The van der Waals surface area contributed by atoms with Crippen LogP contribution in [0.2, 0.25) is 0 Å². The van der Waals surface area contributed by atoms with Gasteiger partial charge in [-0.15, -0.1) is 0 Å². The molecule has 0 aliphatic rings. The van der Waals surface area contributed by atoms with Crippen LogP contribution in [0.4, 0.5) is 0 Å². The van der Waals surface area contributed by atoms with E-state index in [9.17, 15) is 0 Å². The van der Waals surface area contributed by atoms with E-state index in [-0.39, 0.29) is 41.1 Å². The van der Waals surface area contributed by atoms with Crippen molar-refractivity contribution >= 4 is 40.0 Å². The van der Waals surface area contributed by atoms with Gasteiger partial charge in [-0.3, -0.25) is 9.11 Å². The van der Waals surface area contributed by atoms with Crippen LogP contribution < -0.4 is 0 Å². The first-order valence-corrected chi connectivity index (χ1v) is 4.37. The summed E-state index contributed by atoms with van der Waals surface area (Å²) < 4.78 is 31.6. The third-order valence-corrected chi connectivity index (χ3v) is 0.882. The van der Waals surface area contributed by atoms with Crippen molar-refractivity contribution in [2.75, 3.05) is 0 Å². The predicted octanol–water partition coefficient (Wildman–Crippen LogP) is -0.204. The van der Waals surface area contributed by atoms with Gasteiger partial charge in [0.05, 0.1) is 0 Å². The van der Waals surface area contributed by atoms with Crippen LogP contribution in [0.3, 0.4) is 0 Å². The first kappa shape index (κ1) is 16.1. The van der Waals surface area contributed by atoms with Crippen molar-refractivity contribution in [1.29, 1.82) is 0 Å². The molecule has 1 rings (SSSR count). The van der Waals surface area contributed by atoms with Crippen LogP contribution >= 0.6 is 0 Å². The molecule has 0 amide bonds. The van der Waals surface area contributed by atoms with Crippen molar-refractivity contribution in [1.82, 2.24) is 0 Å². The van der Waals surface area contributed by atoms with E-state index in [4.69, 9.17) is 27.7 Å². The number of aromatic hydroxyl groups is 2. The van der Waals surface area contributed by atoms with Crippen LogP contribution in [-0.4, -0.2) is 57.3 Å². The molecular weight excluding hydrogens is 223 g/mol. The monoisotopic (exact) mass is 232 g/mol. The molecule has 0 spiro atoms. The minimum atomic E-state index is -4.67.